The number of rotatable bonds is 7. The third-order valence-electron chi connectivity index (χ3n) is 5.53. The van der Waals surface area contributed by atoms with E-state index in [1.165, 1.54) is 18.0 Å². The fraction of sp³-hybridized carbons (Fsp3) is 0.364. The van der Waals surface area contributed by atoms with Crippen molar-refractivity contribution in [2.24, 2.45) is 0 Å². The normalized spacial score (nSPS) is 14.6. The van der Waals surface area contributed by atoms with Crippen LogP contribution >= 0.6 is 0 Å². The zero-order chi connectivity index (χ0) is 21.6. The highest BCUT2D eigenvalue weighted by Crippen LogP contribution is 2.15. The van der Waals surface area contributed by atoms with Gasteiger partial charge < -0.3 is 10.2 Å². The van der Waals surface area contributed by atoms with Crippen molar-refractivity contribution in [2.75, 3.05) is 44.2 Å². The number of fused-ring (bicyclic) bond motifs is 1. The average Bonchev–Trinajstić information content (AvgIpc) is 2.79. The molecule has 0 saturated carbocycles. The van der Waals surface area contributed by atoms with Crippen LogP contribution in [0.15, 0.2) is 52.2 Å². The summed E-state index contributed by atoms with van der Waals surface area (Å²) in [6, 6.07) is 11.9. The number of anilines is 1. The Balaban J connectivity index is 1.18. The van der Waals surface area contributed by atoms with E-state index in [4.69, 9.17) is 0 Å². The Bertz CT molecular complexity index is 1150. The molecule has 1 aliphatic rings. The first-order valence-corrected chi connectivity index (χ1v) is 10.5. The zero-order valence-electron chi connectivity index (χ0n) is 17.3. The van der Waals surface area contributed by atoms with Crippen LogP contribution in [-0.2, 0) is 0 Å². The van der Waals surface area contributed by atoms with Crippen molar-refractivity contribution in [1.82, 2.24) is 25.2 Å². The predicted octanol–water partition coefficient (Wildman–Crippen LogP) is 0.944. The number of pyridine rings is 1. The fourth-order valence-corrected chi connectivity index (χ4v) is 3.80. The molecule has 1 amide bonds. The van der Waals surface area contributed by atoms with Gasteiger partial charge in [0.05, 0.1) is 10.9 Å². The summed E-state index contributed by atoms with van der Waals surface area (Å²) in [7, 11) is 0. The number of H-pyrrole nitrogens is 2. The van der Waals surface area contributed by atoms with Gasteiger partial charge in [-0.25, -0.2) is 9.78 Å². The van der Waals surface area contributed by atoms with Gasteiger partial charge >= 0.3 is 5.69 Å². The number of hydrogen-bond donors (Lipinski definition) is 3. The lowest BCUT2D eigenvalue weighted by molar-refractivity contribution is 0.0952. The van der Waals surface area contributed by atoms with Gasteiger partial charge in [-0.3, -0.25) is 24.5 Å². The molecule has 9 heteroatoms. The van der Waals surface area contributed by atoms with Gasteiger partial charge in [0.15, 0.2) is 0 Å². The van der Waals surface area contributed by atoms with Gasteiger partial charge in [0.25, 0.3) is 11.5 Å². The van der Waals surface area contributed by atoms with Gasteiger partial charge in [-0.05, 0) is 37.6 Å². The summed E-state index contributed by atoms with van der Waals surface area (Å²) in [4.78, 5) is 49.0. The molecule has 0 unspecified atom stereocenters. The predicted molar refractivity (Wildman–Crippen MR) is 120 cm³/mol. The monoisotopic (exact) mass is 422 g/mol. The third kappa shape index (κ3) is 5.18. The van der Waals surface area contributed by atoms with Crippen LogP contribution in [0.2, 0.25) is 0 Å². The summed E-state index contributed by atoms with van der Waals surface area (Å²) >= 11 is 0. The maximum Gasteiger partial charge on any atom is 0.327 e. The molecule has 162 valence electrons. The molecule has 0 aliphatic carbocycles. The third-order valence-corrected chi connectivity index (χ3v) is 5.53. The summed E-state index contributed by atoms with van der Waals surface area (Å²) in [6.45, 7) is 5.71. The van der Waals surface area contributed by atoms with E-state index >= 15 is 0 Å². The molecule has 0 bridgehead atoms. The lowest BCUT2D eigenvalue weighted by Gasteiger charge is -2.36. The number of amides is 1. The molecule has 1 saturated heterocycles. The Morgan fingerprint density at radius 2 is 1.81 bits per heavy atom. The average molecular weight is 422 g/mol. The number of unbranched alkanes of at least 4 members (excludes halogenated alkanes) is 1. The Morgan fingerprint density at radius 3 is 2.58 bits per heavy atom. The van der Waals surface area contributed by atoms with E-state index in [0.717, 1.165) is 45.6 Å². The van der Waals surface area contributed by atoms with Crippen LogP contribution in [0, 0.1) is 0 Å². The number of piperazine rings is 1. The van der Waals surface area contributed by atoms with Crippen molar-refractivity contribution >= 4 is 22.6 Å². The second kappa shape index (κ2) is 9.57. The maximum absolute atomic E-state index is 12.4. The summed E-state index contributed by atoms with van der Waals surface area (Å²) < 4.78 is 0. The van der Waals surface area contributed by atoms with Crippen LogP contribution in [-0.4, -0.2) is 65.0 Å². The number of aromatic amines is 2. The minimum absolute atomic E-state index is 0.165. The molecular formula is C22H26N6O3. The number of hydrogen-bond acceptors (Lipinski definition) is 6. The molecule has 0 atom stereocenters. The highest BCUT2D eigenvalue weighted by molar-refractivity contribution is 5.96. The Morgan fingerprint density at radius 1 is 1.03 bits per heavy atom. The summed E-state index contributed by atoms with van der Waals surface area (Å²) in [6.07, 6.45) is 3.24. The highest BCUT2D eigenvalue weighted by atomic mass is 16.2. The van der Waals surface area contributed by atoms with Gasteiger partial charge in [-0.2, -0.15) is 0 Å². The molecule has 1 aliphatic heterocycles. The van der Waals surface area contributed by atoms with Gasteiger partial charge in [-0.1, -0.05) is 18.2 Å². The van der Waals surface area contributed by atoms with Crippen molar-refractivity contribution < 1.29 is 4.79 Å². The first kappa shape index (κ1) is 20.8. The van der Waals surface area contributed by atoms with Crippen LogP contribution in [0.4, 0.5) is 5.69 Å². The Kier molecular flexibility index (Phi) is 6.42. The topological polar surface area (TPSA) is 114 Å². The van der Waals surface area contributed by atoms with E-state index in [9.17, 15) is 14.4 Å². The number of benzene rings is 1. The van der Waals surface area contributed by atoms with Gasteiger partial charge in [-0.15, -0.1) is 0 Å². The summed E-state index contributed by atoms with van der Waals surface area (Å²) in [5, 5.41) is 3.05. The molecule has 2 aromatic heterocycles. The van der Waals surface area contributed by atoms with Crippen LogP contribution in [0.5, 0.6) is 0 Å². The quantitative estimate of drug-likeness (QED) is 0.489. The number of aromatic nitrogens is 3. The number of nitrogens with zero attached hydrogens (tertiary/aromatic N) is 3. The minimum atomic E-state index is -0.622. The number of para-hydroxylation sites is 1. The first-order valence-electron chi connectivity index (χ1n) is 10.5. The van der Waals surface area contributed by atoms with Crippen molar-refractivity contribution in [1.29, 1.82) is 0 Å². The van der Waals surface area contributed by atoms with E-state index in [1.54, 1.807) is 0 Å². The summed E-state index contributed by atoms with van der Waals surface area (Å²) in [5.41, 5.74) is 0.554. The standard InChI is InChI=1S/C22H26N6O3/c29-20(16-14-18-19(24-15-16)25-22(31)26-21(18)30)23-8-4-5-9-27-10-12-28(13-11-27)17-6-2-1-3-7-17/h1-3,6-7,14-15H,4-5,8-13H2,(H,23,29)(H2,24,25,26,30,31). The lowest BCUT2D eigenvalue weighted by Crippen LogP contribution is -2.46. The van der Waals surface area contributed by atoms with Crippen molar-refractivity contribution in [3.63, 3.8) is 0 Å². The number of carbonyl (C=O) groups excluding carboxylic acids is 1. The van der Waals surface area contributed by atoms with Crippen LogP contribution in [0.25, 0.3) is 11.0 Å². The number of nitrogens with one attached hydrogen (secondary N) is 3. The van der Waals surface area contributed by atoms with Gasteiger partial charge in [0, 0.05) is 44.6 Å². The SMILES string of the molecule is O=C(NCCCCN1CCN(c2ccccc2)CC1)c1cnc2[nH]c(=O)[nH]c(=O)c2c1. The molecular weight excluding hydrogens is 396 g/mol. The molecule has 4 rings (SSSR count). The Labute approximate surface area is 179 Å². The van der Waals surface area contributed by atoms with Crippen LogP contribution < -0.4 is 21.5 Å². The summed E-state index contributed by atoms with van der Waals surface area (Å²) in [5.74, 6) is -0.281. The lowest BCUT2D eigenvalue weighted by atomic mass is 10.2. The molecule has 9 nitrogen and oxygen atoms in total. The van der Waals surface area contributed by atoms with E-state index in [0.29, 0.717) is 12.1 Å². The second-order valence-electron chi connectivity index (χ2n) is 7.66. The van der Waals surface area contributed by atoms with E-state index in [1.807, 2.05) is 6.07 Å². The molecule has 3 N–H and O–H groups in total. The van der Waals surface area contributed by atoms with E-state index in [2.05, 4.69) is 54.3 Å². The second-order valence-corrected chi connectivity index (χ2v) is 7.66. The minimum Gasteiger partial charge on any atom is -0.369 e. The molecule has 3 aromatic rings. The highest BCUT2D eigenvalue weighted by Gasteiger charge is 2.16. The Hall–Kier alpha value is -3.46. The van der Waals surface area contributed by atoms with E-state index in [-0.39, 0.29) is 16.9 Å². The van der Waals surface area contributed by atoms with Gasteiger partial charge in [0.2, 0.25) is 0 Å². The maximum atomic E-state index is 12.4. The van der Waals surface area contributed by atoms with Crippen molar-refractivity contribution in [3.05, 3.63) is 69.0 Å². The zero-order valence-corrected chi connectivity index (χ0v) is 17.3. The number of carbonyl (C=O) groups is 1. The van der Waals surface area contributed by atoms with Crippen molar-refractivity contribution in [2.45, 2.75) is 12.8 Å². The first-order chi connectivity index (χ1) is 15.1. The molecule has 31 heavy (non-hydrogen) atoms. The molecule has 0 radical (unpaired) electrons. The van der Waals surface area contributed by atoms with Gasteiger partial charge in [0.1, 0.15) is 5.65 Å². The molecule has 0 spiro atoms. The molecule has 1 aromatic carbocycles. The molecule has 3 heterocycles. The van der Waals surface area contributed by atoms with Crippen LogP contribution in [0.3, 0.4) is 0 Å². The smallest absolute Gasteiger partial charge is 0.327 e. The van der Waals surface area contributed by atoms with Crippen molar-refractivity contribution in [3.8, 4) is 0 Å². The largest absolute Gasteiger partial charge is 0.369 e. The van der Waals surface area contributed by atoms with E-state index < -0.39 is 11.2 Å². The molecule has 1 fully saturated rings. The van der Waals surface area contributed by atoms with Crippen LogP contribution in [0.1, 0.15) is 23.2 Å². The fourth-order valence-electron chi connectivity index (χ4n) is 3.80.